The van der Waals surface area contributed by atoms with Gasteiger partial charge in [0.2, 0.25) is 0 Å². The SMILES string of the molecule is Cc1ccn2c(C(=O)NCc3ccc(N4CCN(c5ccc(C(F)(F)F)cn5)CC4)c(F)c3)c(C)nc2c1. The molecule has 1 N–H and O–H groups in total. The molecule has 1 aliphatic heterocycles. The first-order chi connectivity index (χ1) is 18.1. The Hall–Kier alpha value is -4.15. The Bertz CT molecular complexity index is 1470. The third-order valence-corrected chi connectivity index (χ3v) is 6.66. The number of nitrogens with one attached hydrogen (secondary N) is 1. The van der Waals surface area contributed by atoms with E-state index < -0.39 is 17.6 Å². The summed E-state index contributed by atoms with van der Waals surface area (Å²) in [6.45, 7) is 5.85. The smallest absolute Gasteiger partial charge is 0.366 e. The van der Waals surface area contributed by atoms with Gasteiger partial charge in [-0.2, -0.15) is 13.2 Å². The average Bonchev–Trinajstić information content (AvgIpc) is 3.22. The van der Waals surface area contributed by atoms with Crippen LogP contribution in [0.4, 0.5) is 29.1 Å². The van der Waals surface area contributed by atoms with Gasteiger partial charge >= 0.3 is 6.18 Å². The largest absolute Gasteiger partial charge is 0.417 e. The molecular formula is C27H26F4N6O. The summed E-state index contributed by atoms with van der Waals surface area (Å²) in [6, 6.07) is 11.0. The van der Waals surface area contributed by atoms with Crippen LogP contribution in [0.2, 0.25) is 0 Å². The molecule has 11 heteroatoms. The van der Waals surface area contributed by atoms with Crippen molar-refractivity contribution in [3.05, 3.63) is 88.8 Å². The Labute approximate surface area is 216 Å². The maximum Gasteiger partial charge on any atom is 0.417 e. The summed E-state index contributed by atoms with van der Waals surface area (Å²) >= 11 is 0. The summed E-state index contributed by atoms with van der Waals surface area (Å²) in [7, 11) is 0. The van der Waals surface area contributed by atoms with Crippen LogP contribution in [0.15, 0.2) is 54.9 Å². The molecule has 1 fully saturated rings. The molecule has 5 rings (SSSR count). The summed E-state index contributed by atoms with van der Waals surface area (Å²) in [6.07, 6.45) is -1.79. The van der Waals surface area contributed by atoms with Gasteiger partial charge in [-0.1, -0.05) is 6.07 Å². The van der Waals surface area contributed by atoms with Crippen LogP contribution in [0.1, 0.15) is 32.9 Å². The molecule has 4 aromatic rings. The van der Waals surface area contributed by atoms with E-state index in [1.54, 1.807) is 29.7 Å². The molecule has 0 bridgehead atoms. The van der Waals surface area contributed by atoms with Crippen LogP contribution in [0, 0.1) is 19.7 Å². The maximum absolute atomic E-state index is 15.0. The molecule has 7 nitrogen and oxygen atoms in total. The number of hydrogen-bond acceptors (Lipinski definition) is 5. The molecule has 1 saturated heterocycles. The number of nitrogens with zero attached hydrogens (tertiary/aromatic N) is 5. The van der Waals surface area contributed by atoms with Crippen molar-refractivity contribution < 1.29 is 22.4 Å². The number of halogens is 4. The first kappa shape index (κ1) is 25.5. The molecule has 1 amide bonds. The number of carbonyl (C=O) groups is 1. The van der Waals surface area contributed by atoms with Crippen LogP contribution < -0.4 is 15.1 Å². The number of aryl methyl sites for hydroxylation is 2. The average molecular weight is 527 g/mol. The quantitative estimate of drug-likeness (QED) is 0.380. The lowest BCUT2D eigenvalue weighted by Crippen LogP contribution is -2.47. The van der Waals surface area contributed by atoms with Crippen molar-refractivity contribution in [2.45, 2.75) is 26.6 Å². The number of hydrogen-bond donors (Lipinski definition) is 1. The van der Waals surface area contributed by atoms with Gasteiger partial charge in [0.25, 0.3) is 5.91 Å². The highest BCUT2D eigenvalue weighted by atomic mass is 19.4. The Morgan fingerprint density at radius 1 is 1.00 bits per heavy atom. The van der Waals surface area contributed by atoms with E-state index in [0.29, 0.717) is 60.3 Å². The monoisotopic (exact) mass is 526 g/mol. The minimum Gasteiger partial charge on any atom is -0.366 e. The van der Waals surface area contributed by atoms with Crippen molar-refractivity contribution in [2.75, 3.05) is 36.0 Å². The minimum absolute atomic E-state index is 0.155. The lowest BCUT2D eigenvalue weighted by atomic mass is 10.1. The summed E-state index contributed by atoms with van der Waals surface area (Å²) in [5, 5.41) is 2.85. The highest BCUT2D eigenvalue weighted by Gasteiger charge is 2.31. The van der Waals surface area contributed by atoms with Crippen LogP contribution in [0.25, 0.3) is 5.65 Å². The second-order valence-electron chi connectivity index (χ2n) is 9.32. The van der Waals surface area contributed by atoms with Crippen LogP contribution in [0.3, 0.4) is 0 Å². The molecule has 0 spiro atoms. The molecule has 0 saturated carbocycles. The van der Waals surface area contributed by atoms with Crippen molar-refractivity contribution in [1.29, 1.82) is 0 Å². The van der Waals surface area contributed by atoms with Gasteiger partial charge in [0, 0.05) is 45.1 Å². The van der Waals surface area contributed by atoms with Crippen molar-refractivity contribution >= 4 is 23.1 Å². The second kappa shape index (κ2) is 9.96. The third-order valence-electron chi connectivity index (χ3n) is 6.66. The summed E-state index contributed by atoms with van der Waals surface area (Å²) < 4.78 is 55.1. The molecule has 0 radical (unpaired) electrons. The van der Waals surface area contributed by atoms with E-state index >= 15 is 4.39 Å². The van der Waals surface area contributed by atoms with Gasteiger partial charge in [0.15, 0.2) is 0 Å². The zero-order valence-corrected chi connectivity index (χ0v) is 20.9. The highest BCUT2D eigenvalue weighted by molar-refractivity contribution is 5.94. The number of imidazole rings is 1. The fourth-order valence-corrected chi connectivity index (χ4v) is 4.64. The second-order valence-corrected chi connectivity index (χ2v) is 9.32. The summed E-state index contributed by atoms with van der Waals surface area (Å²) in [5.41, 5.74) is 3.06. The molecule has 198 valence electrons. The normalized spacial score (nSPS) is 14.3. The predicted octanol–water partition coefficient (Wildman–Crippen LogP) is 4.76. The topological polar surface area (TPSA) is 65.8 Å². The number of alkyl halides is 3. The number of anilines is 2. The van der Waals surface area contributed by atoms with Gasteiger partial charge in [0.05, 0.1) is 16.9 Å². The number of benzene rings is 1. The Kier molecular flexibility index (Phi) is 6.68. The predicted molar refractivity (Wildman–Crippen MR) is 136 cm³/mol. The lowest BCUT2D eigenvalue weighted by molar-refractivity contribution is -0.137. The van der Waals surface area contributed by atoms with Gasteiger partial charge in [-0.05, 0) is 61.4 Å². The van der Waals surface area contributed by atoms with Crippen molar-refractivity contribution in [3.8, 4) is 0 Å². The Balaban J connectivity index is 1.20. The van der Waals surface area contributed by atoms with Gasteiger partial charge in [-0.15, -0.1) is 0 Å². The number of piperazine rings is 1. The Morgan fingerprint density at radius 3 is 2.39 bits per heavy atom. The van der Waals surface area contributed by atoms with E-state index in [4.69, 9.17) is 0 Å². The molecule has 1 aliphatic rings. The molecule has 4 heterocycles. The van der Waals surface area contributed by atoms with Crippen LogP contribution >= 0.6 is 0 Å². The van der Waals surface area contributed by atoms with Crippen molar-refractivity contribution in [3.63, 3.8) is 0 Å². The molecule has 38 heavy (non-hydrogen) atoms. The van der Waals surface area contributed by atoms with Gasteiger partial charge < -0.3 is 15.1 Å². The first-order valence-corrected chi connectivity index (χ1v) is 12.2. The van der Waals surface area contributed by atoms with E-state index in [1.165, 1.54) is 12.1 Å². The van der Waals surface area contributed by atoms with Crippen molar-refractivity contribution in [1.82, 2.24) is 19.7 Å². The maximum atomic E-state index is 15.0. The van der Waals surface area contributed by atoms with E-state index in [1.807, 2.05) is 28.9 Å². The molecule has 0 unspecified atom stereocenters. The highest BCUT2D eigenvalue weighted by Crippen LogP contribution is 2.30. The van der Waals surface area contributed by atoms with E-state index in [-0.39, 0.29) is 12.5 Å². The van der Waals surface area contributed by atoms with E-state index in [0.717, 1.165) is 17.8 Å². The molecule has 0 atom stereocenters. The Morgan fingerprint density at radius 2 is 1.74 bits per heavy atom. The zero-order chi connectivity index (χ0) is 27.0. The number of amides is 1. The fourth-order valence-electron chi connectivity index (χ4n) is 4.64. The summed E-state index contributed by atoms with van der Waals surface area (Å²) in [4.78, 5) is 25.0. The lowest BCUT2D eigenvalue weighted by Gasteiger charge is -2.37. The molecule has 3 aromatic heterocycles. The third kappa shape index (κ3) is 5.13. The first-order valence-electron chi connectivity index (χ1n) is 12.2. The minimum atomic E-state index is -4.43. The van der Waals surface area contributed by atoms with E-state index in [9.17, 15) is 18.0 Å². The zero-order valence-electron chi connectivity index (χ0n) is 20.9. The van der Waals surface area contributed by atoms with Gasteiger partial charge in [-0.3, -0.25) is 9.20 Å². The van der Waals surface area contributed by atoms with E-state index in [2.05, 4.69) is 15.3 Å². The number of rotatable bonds is 5. The molecule has 0 aliphatic carbocycles. The fraction of sp³-hybridized carbons (Fsp3) is 0.296. The van der Waals surface area contributed by atoms with Gasteiger partial charge in [0.1, 0.15) is 23.0 Å². The van der Waals surface area contributed by atoms with Crippen LogP contribution in [0.5, 0.6) is 0 Å². The number of carbonyl (C=O) groups excluding carboxylic acids is 1. The van der Waals surface area contributed by atoms with Crippen molar-refractivity contribution in [2.24, 2.45) is 0 Å². The standard InChI is InChI=1S/C27H26F4N6O/c1-17-7-8-37-24(13-17)34-18(2)25(37)26(38)33-15-19-3-5-22(21(28)14-19)35-9-11-36(12-10-35)23-6-4-20(16-32-23)27(29,30)31/h3-8,13-14,16H,9-12,15H2,1-2H3,(H,33,38). The van der Waals surface area contributed by atoms with Crippen LogP contribution in [-0.2, 0) is 12.7 Å². The van der Waals surface area contributed by atoms with Gasteiger partial charge in [-0.25, -0.2) is 14.4 Å². The van der Waals surface area contributed by atoms with Crippen LogP contribution in [-0.4, -0.2) is 46.5 Å². The molecule has 1 aromatic carbocycles. The summed E-state index contributed by atoms with van der Waals surface area (Å²) in [5.74, 6) is -0.240. The number of fused-ring (bicyclic) bond motifs is 1. The molecular weight excluding hydrogens is 500 g/mol. The number of aromatic nitrogens is 3. The number of pyridine rings is 2.